The Labute approximate surface area is 105 Å². The van der Waals surface area contributed by atoms with Gasteiger partial charge in [-0.05, 0) is 12.8 Å². The molecule has 8 heteroatoms. The summed E-state index contributed by atoms with van der Waals surface area (Å²) in [6, 6.07) is 0. The van der Waals surface area contributed by atoms with Crippen LogP contribution in [0.4, 0.5) is 0 Å². The van der Waals surface area contributed by atoms with Crippen LogP contribution in [0.25, 0.3) is 0 Å². The van der Waals surface area contributed by atoms with Gasteiger partial charge in [-0.3, -0.25) is 4.79 Å². The Balaban J connectivity index is 3.87. The quantitative estimate of drug-likeness (QED) is 0.197. The van der Waals surface area contributed by atoms with Crippen molar-refractivity contribution in [3.63, 3.8) is 0 Å². The van der Waals surface area contributed by atoms with E-state index in [-0.39, 0.29) is 6.42 Å². The van der Waals surface area contributed by atoms with Crippen molar-refractivity contribution in [2.45, 2.75) is 37.4 Å². The van der Waals surface area contributed by atoms with Gasteiger partial charge in [-0.1, -0.05) is 0 Å². The van der Waals surface area contributed by atoms with Gasteiger partial charge in [0.15, 0.2) is 0 Å². The number of carbonyl (C=O) groups excluding carboxylic acids is 1. The van der Waals surface area contributed by atoms with E-state index in [1.807, 2.05) is 0 Å². The van der Waals surface area contributed by atoms with Crippen molar-refractivity contribution < 1.29 is 35.1 Å². The third-order valence-electron chi connectivity index (χ3n) is 2.33. The summed E-state index contributed by atoms with van der Waals surface area (Å²) >= 11 is 0. The molecular weight excluding hydrogens is 246 g/mol. The van der Waals surface area contributed by atoms with Gasteiger partial charge in [0.1, 0.15) is 6.10 Å². The molecule has 0 spiro atoms. The number of carbonyl (C=O) groups is 1. The van der Waals surface area contributed by atoms with Crippen LogP contribution in [0.3, 0.4) is 0 Å². The third kappa shape index (κ3) is 6.84. The highest BCUT2D eigenvalue weighted by molar-refractivity contribution is 5.80. The van der Waals surface area contributed by atoms with Crippen LogP contribution >= 0.6 is 0 Å². The Morgan fingerprint density at radius 3 is 2.44 bits per heavy atom. The van der Waals surface area contributed by atoms with Gasteiger partial charge in [-0.15, -0.1) is 0 Å². The van der Waals surface area contributed by atoms with E-state index in [0.29, 0.717) is 19.6 Å². The molecule has 0 aliphatic carbocycles. The molecule has 0 aromatic heterocycles. The first-order chi connectivity index (χ1) is 8.31. The second-order valence-corrected chi connectivity index (χ2v) is 3.94. The third-order valence-corrected chi connectivity index (χ3v) is 2.33. The van der Waals surface area contributed by atoms with Crippen molar-refractivity contribution in [1.29, 1.82) is 0 Å². The van der Waals surface area contributed by atoms with E-state index in [1.54, 1.807) is 0 Å². The minimum Gasteiger partial charge on any atom is -0.385 e. The molecular formula is C10H21NO7. The lowest BCUT2D eigenvalue weighted by atomic mass is 10.1. The highest BCUT2D eigenvalue weighted by Crippen LogP contribution is 2.14. The molecule has 1 amide bonds. The summed E-state index contributed by atoms with van der Waals surface area (Å²) in [6.07, 6.45) is -4.05. The van der Waals surface area contributed by atoms with Gasteiger partial charge in [0.05, 0.1) is 0 Å². The number of nitrogens with one attached hydrogen (secondary N) is 1. The van der Waals surface area contributed by atoms with Crippen molar-refractivity contribution in [1.82, 2.24) is 5.32 Å². The Morgan fingerprint density at radius 2 is 1.94 bits per heavy atom. The molecule has 0 aromatic carbocycles. The zero-order valence-electron chi connectivity index (χ0n) is 10.2. The van der Waals surface area contributed by atoms with E-state index in [9.17, 15) is 9.90 Å². The number of amides is 1. The minimum atomic E-state index is -2.74. The number of hydrogen-bond donors (Lipinski definition) is 6. The largest absolute Gasteiger partial charge is 0.385 e. The molecule has 18 heavy (non-hydrogen) atoms. The second-order valence-electron chi connectivity index (χ2n) is 3.94. The van der Waals surface area contributed by atoms with Gasteiger partial charge in [0, 0.05) is 26.7 Å². The van der Waals surface area contributed by atoms with Crippen LogP contribution in [-0.2, 0) is 9.53 Å². The number of aliphatic hydroxyl groups is 5. The standard InChI is InChI=1S/C10H21NO7/c1-18-6-2-5-11-8(13)7(12)3-4-10(16,17)9(14)15/h7,9,12,14-17H,2-6H2,1H3,(H,11,13). The first kappa shape index (κ1) is 17.2. The molecule has 0 fully saturated rings. The summed E-state index contributed by atoms with van der Waals surface area (Å²) in [5, 5.41) is 47.1. The predicted octanol–water partition coefficient (Wildman–Crippen LogP) is -2.73. The zero-order valence-corrected chi connectivity index (χ0v) is 10.2. The normalized spacial score (nSPS) is 13.7. The van der Waals surface area contributed by atoms with Crippen LogP contribution in [0.5, 0.6) is 0 Å². The second kappa shape index (κ2) is 8.35. The fourth-order valence-electron chi connectivity index (χ4n) is 1.16. The maximum Gasteiger partial charge on any atom is 0.248 e. The monoisotopic (exact) mass is 267 g/mol. The van der Waals surface area contributed by atoms with Crippen molar-refractivity contribution >= 4 is 5.91 Å². The van der Waals surface area contributed by atoms with Gasteiger partial charge < -0.3 is 35.6 Å². The average molecular weight is 267 g/mol. The van der Waals surface area contributed by atoms with Crippen molar-refractivity contribution in [2.24, 2.45) is 0 Å². The molecule has 108 valence electrons. The van der Waals surface area contributed by atoms with Gasteiger partial charge in [0.2, 0.25) is 18.0 Å². The highest BCUT2D eigenvalue weighted by Gasteiger charge is 2.32. The molecule has 0 radical (unpaired) electrons. The molecule has 0 aromatic rings. The number of methoxy groups -OCH3 is 1. The summed E-state index contributed by atoms with van der Waals surface area (Å²) in [5.74, 6) is -3.40. The van der Waals surface area contributed by atoms with E-state index < -0.39 is 30.5 Å². The van der Waals surface area contributed by atoms with Crippen LogP contribution in [0.15, 0.2) is 0 Å². The Bertz CT molecular complexity index is 244. The Kier molecular flexibility index (Phi) is 8.00. The van der Waals surface area contributed by atoms with E-state index in [4.69, 9.17) is 25.2 Å². The van der Waals surface area contributed by atoms with Crippen LogP contribution in [0.1, 0.15) is 19.3 Å². The van der Waals surface area contributed by atoms with Crippen LogP contribution in [0.2, 0.25) is 0 Å². The molecule has 0 saturated heterocycles. The predicted molar refractivity (Wildman–Crippen MR) is 60.1 cm³/mol. The van der Waals surface area contributed by atoms with Crippen LogP contribution in [-0.4, -0.2) is 69.9 Å². The van der Waals surface area contributed by atoms with Crippen LogP contribution in [0, 0.1) is 0 Å². The topological polar surface area (TPSA) is 139 Å². The molecule has 0 heterocycles. The minimum absolute atomic E-state index is 0.305. The number of hydrogen-bond acceptors (Lipinski definition) is 7. The summed E-state index contributed by atoms with van der Waals surface area (Å²) in [6.45, 7) is 0.805. The molecule has 1 unspecified atom stereocenters. The maximum atomic E-state index is 11.3. The smallest absolute Gasteiger partial charge is 0.248 e. The SMILES string of the molecule is COCCCNC(=O)C(O)CCC(O)(O)C(O)O. The first-order valence-electron chi connectivity index (χ1n) is 5.57. The molecule has 0 rings (SSSR count). The van der Waals surface area contributed by atoms with E-state index in [2.05, 4.69) is 5.32 Å². The van der Waals surface area contributed by atoms with Gasteiger partial charge in [-0.2, -0.15) is 0 Å². The summed E-state index contributed by atoms with van der Waals surface area (Å²) in [7, 11) is 1.53. The molecule has 6 N–H and O–H groups in total. The first-order valence-corrected chi connectivity index (χ1v) is 5.57. The molecule has 1 atom stereocenters. The highest BCUT2D eigenvalue weighted by atomic mass is 16.6. The van der Waals surface area contributed by atoms with Crippen molar-refractivity contribution in [3.05, 3.63) is 0 Å². The summed E-state index contributed by atoms with van der Waals surface area (Å²) in [4.78, 5) is 11.3. The van der Waals surface area contributed by atoms with Crippen molar-refractivity contribution in [3.8, 4) is 0 Å². The lowest BCUT2D eigenvalue weighted by Gasteiger charge is -2.24. The Hall–Kier alpha value is -0.770. The molecule has 8 nitrogen and oxygen atoms in total. The molecule has 0 aliphatic rings. The molecule has 0 saturated carbocycles. The fraction of sp³-hybridized carbons (Fsp3) is 0.900. The molecule has 0 aliphatic heterocycles. The van der Waals surface area contributed by atoms with Gasteiger partial charge >= 0.3 is 0 Å². The van der Waals surface area contributed by atoms with Gasteiger partial charge in [0.25, 0.3) is 0 Å². The van der Waals surface area contributed by atoms with Crippen molar-refractivity contribution in [2.75, 3.05) is 20.3 Å². The van der Waals surface area contributed by atoms with Crippen LogP contribution < -0.4 is 5.32 Å². The van der Waals surface area contributed by atoms with E-state index >= 15 is 0 Å². The van der Waals surface area contributed by atoms with E-state index in [1.165, 1.54) is 7.11 Å². The van der Waals surface area contributed by atoms with E-state index in [0.717, 1.165) is 0 Å². The maximum absolute atomic E-state index is 11.3. The number of aliphatic hydroxyl groups excluding tert-OH is 2. The van der Waals surface area contributed by atoms with Gasteiger partial charge in [-0.25, -0.2) is 0 Å². The Morgan fingerprint density at radius 1 is 1.33 bits per heavy atom. The average Bonchev–Trinajstić information content (AvgIpc) is 2.31. The fourth-order valence-corrected chi connectivity index (χ4v) is 1.16. The summed E-state index contributed by atoms with van der Waals surface area (Å²) in [5.41, 5.74) is 0. The number of rotatable bonds is 9. The number of ether oxygens (including phenoxy) is 1. The molecule has 0 bridgehead atoms. The lowest BCUT2D eigenvalue weighted by Crippen LogP contribution is -2.44. The zero-order chi connectivity index (χ0) is 14.2. The lowest BCUT2D eigenvalue weighted by molar-refractivity contribution is -0.293. The summed E-state index contributed by atoms with van der Waals surface area (Å²) < 4.78 is 4.77.